The van der Waals surface area contributed by atoms with E-state index in [2.05, 4.69) is 12.2 Å². The molecule has 0 radical (unpaired) electrons. The van der Waals surface area contributed by atoms with Gasteiger partial charge >= 0.3 is 0 Å². The van der Waals surface area contributed by atoms with Gasteiger partial charge in [-0.25, -0.2) is 4.39 Å². The van der Waals surface area contributed by atoms with E-state index in [4.69, 9.17) is 0 Å². The van der Waals surface area contributed by atoms with Gasteiger partial charge in [0.25, 0.3) is 5.91 Å². The Kier molecular flexibility index (Phi) is 7.64. The summed E-state index contributed by atoms with van der Waals surface area (Å²) in [6, 6.07) is 13.0. The number of carbonyl (C=O) groups excluding carboxylic acids is 2. The highest BCUT2D eigenvalue weighted by Gasteiger charge is 2.19. The number of carbonyl (C=O) groups is 2. The zero-order chi connectivity index (χ0) is 20.6. The fourth-order valence-corrected chi connectivity index (χ4v) is 2.84. The number of nitrogens with one attached hydrogen (secondary N) is 1. The summed E-state index contributed by atoms with van der Waals surface area (Å²) < 4.78 is 14.2. The number of allylic oxidation sites excluding steroid dienone is 1. The molecular weight excluding hydrogens is 355 g/mol. The lowest BCUT2D eigenvalue weighted by molar-refractivity contribution is -0.882. The number of hydrogen-bond donors (Lipinski definition) is 1. The van der Waals surface area contributed by atoms with E-state index in [0.29, 0.717) is 27.8 Å². The molecule has 0 bridgehead atoms. The van der Waals surface area contributed by atoms with Crippen molar-refractivity contribution in [2.75, 3.05) is 32.5 Å². The predicted molar refractivity (Wildman–Crippen MR) is 112 cm³/mol. The van der Waals surface area contributed by atoms with Crippen molar-refractivity contribution in [3.05, 3.63) is 71.6 Å². The topological polar surface area (TPSA) is 46.2 Å². The molecule has 1 N–H and O–H groups in total. The summed E-state index contributed by atoms with van der Waals surface area (Å²) in [5.74, 6) is -0.650. The van der Waals surface area contributed by atoms with Gasteiger partial charge in [-0.1, -0.05) is 31.5 Å². The second-order valence-electron chi connectivity index (χ2n) is 7.52. The van der Waals surface area contributed by atoms with Gasteiger partial charge in [0.2, 0.25) is 0 Å². The van der Waals surface area contributed by atoms with Crippen LogP contribution in [0.2, 0.25) is 0 Å². The van der Waals surface area contributed by atoms with Crippen LogP contribution in [0.1, 0.15) is 35.7 Å². The number of nitrogens with zero attached hydrogens (tertiary/aromatic N) is 1. The van der Waals surface area contributed by atoms with Crippen LogP contribution in [0.3, 0.4) is 0 Å². The SMILES string of the molecule is CCCC[N+](C)(C)CC(=O)Nc1ccc(C(=O)/C=C/c2ccccc2F)cc1. The van der Waals surface area contributed by atoms with Gasteiger partial charge in [-0.3, -0.25) is 9.59 Å². The first kappa shape index (κ1) is 21.5. The molecule has 0 atom stereocenters. The van der Waals surface area contributed by atoms with Crippen LogP contribution in [-0.2, 0) is 4.79 Å². The molecule has 148 valence electrons. The summed E-state index contributed by atoms with van der Waals surface area (Å²) in [7, 11) is 4.08. The number of hydrogen-bond acceptors (Lipinski definition) is 2. The molecule has 0 aromatic heterocycles. The molecule has 1 amide bonds. The normalized spacial score (nSPS) is 11.6. The molecule has 2 rings (SSSR count). The fraction of sp³-hybridized carbons (Fsp3) is 0.304. The monoisotopic (exact) mass is 383 g/mol. The van der Waals surface area contributed by atoms with E-state index < -0.39 is 0 Å². The summed E-state index contributed by atoms with van der Waals surface area (Å²) in [6.45, 7) is 3.48. The maximum absolute atomic E-state index is 13.6. The van der Waals surface area contributed by atoms with Crippen LogP contribution in [-0.4, -0.2) is 43.4 Å². The molecule has 2 aromatic carbocycles. The fourth-order valence-electron chi connectivity index (χ4n) is 2.84. The van der Waals surface area contributed by atoms with Crippen LogP contribution in [0, 0.1) is 5.82 Å². The lowest BCUT2D eigenvalue weighted by atomic mass is 10.1. The van der Waals surface area contributed by atoms with Crippen molar-refractivity contribution in [2.45, 2.75) is 19.8 Å². The van der Waals surface area contributed by atoms with E-state index in [9.17, 15) is 14.0 Å². The standard InChI is InChI=1S/C23H27FN2O2/c1-4-5-16-26(2,3)17-23(28)25-20-13-10-19(11-14-20)22(27)15-12-18-8-6-7-9-21(18)24/h6-15H,4-5,16-17H2,1-3H3/p+1/b15-12+. The van der Waals surface area contributed by atoms with E-state index in [-0.39, 0.29) is 17.5 Å². The largest absolute Gasteiger partial charge is 0.321 e. The van der Waals surface area contributed by atoms with Crippen LogP contribution in [0.5, 0.6) is 0 Å². The van der Waals surface area contributed by atoms with Gasteiger partial charge in [-0.2, -0.15) is 0 Å². The Bertz CT molecular complexity index is 842. The first-order valence-corrected chi connectivity index (χ1v) is 9.49. The average molecular weight is 383 g/mol. The van der Waals surface area contributed by atoms with Crippen LogP contribution in [0.25, 0.3) is 6.08 Å². The lowest BCUT2D eigenvalue weighted by Crippen LogP contribution is -2.46. The van der Waals surface area contributed by atoms with Gasteiger partial charge in [-0.15, -0.1) is 0 Å². The van der Waals surface area contributed by atoms with Gasteiger partial charge in [0, 0.05) is 16.8 Å². The third kappa shape index (κ3) is 6.74. The van der Waals surface area contributed by atoms with Gasteiger partial charge in [0.1, 0.15) is 5.82 Å². The zero-order valence-corrected chi connectivity index (χ0v) is 16.7. The van der Waals surface area contributed by atoms with Crippen molar-refractivity contribution in [1.82, 2.24) is 0 Å². The lowest BCUT2D eigenvalue weighted by Gasteiger charge is -2.28. The van der Waals surface area contributed by atoms with E-state index in [1.807, 2.05) is 14.1 Å². The molecule has 2 aromatic rings. The number of halogens is 1. The second kappa shape index (κ2) is 9.95. The molecule has 0 heterocycles. The molecule has 5 heteroatoms. The number of quaternary nitrogens is 1. The van der Waals surface area contributed by atoms with Crippen LogP contribution < -0.4 is 5.32 Å². The van der Waals surface area contributed by atoms with Gasteiger partial charge in [-0.05, 0) is 48.9 Å². The first-order chi connectivity index (χ1) is 13.3. The van der Waals surface area contributed by atoms with Crippen molar-refractivity contribution in [2.24, 2.45) is 0 Å². The summed E-state index contributed by atoms with van der Waals surface area (Å²) in [5, 5.41) is 2.87. The number of unbranched alkanes of at least 4 members (excludes halogenated alkanes) is 1. The quantitative estimate of drug-likeness (QED) is 0.393. The first-order valence-electron chi connectivity index (χ1n) is 9.49. The highest BCUT2D eigenvalue weighted by molar-refractivity contribution is 6.07. The molecule has 0 aliphatic rings. The maximum atomic E-state index is 13.6. The zero-order valence-electron chi connectivity index (χ0n) is 16.7. The van der Waals surface area contributed by atoms with Crippen molar-refractivity contribution < 1.29 is 18.5 Å². The van der Waals surface area contributed by atoms with E-state index in [1.54, 1.807) is 42.5 Å². The third-order valence-corrected chi connectivity index (χ3v) is 4.46. The Morgan fingerprint density at radius 1 is 1.07 bits per heavy atom. The third-order valence-electron chi connectivity index (χ3n) is 4.46. The highest BCUT2D eigenvalue weighted by atomic mass is 19.1. The van der Waals surface area contributed by atoms with E-state index in [1.165, 1.54) is 18.2 Å². The molecule has 28 heavy (non-hydrogen) atoms. The van der Waals surface area contributed by atoms with Crippen LogP contribution >= 0.6 is 0 Å². The average Bonchev–Trinajstić information content (AvgIpc) is 2.65. The number of likely N-dealkylation sites (N-methyl/N-ethyl adjacent to an activating group) is 1. The Hall–Kier alpha value is -2.79. The Morgan fingerprint density at radius 3 is 2.39 bits per heavy atom. The second-order valence-corrected chi connectivity index (χ2v) is 7.52. The molecule has 4 nitrogen and oxygen atoms in total. The van der Waals surface area contributed by atoms with Gasteiger partial charge in [0.15, 0.2) is 12.3 Å². The minimum absolute atomic E-state index is 0.0559. The molecule has 0 unspecified atom stereocenters. The summed E-state index contributed by atoms with van der Waals surface area (Å²) in [4.78, 5) is 24.5. The minimum Gasteiger partial charge on any atom is -0.321 e. The minimum atomic E-state index is -0.370. The van der Waals surface area contributed by atoms with Crippen molar-refractivity contribution in [3.8, 4) is 0 Å². The number of benzene rings is 2. The Morgan fingerprint density at radius 2 is 1.75 bits per heavy atom. The summed E-state index contributed by atoms with van der Waals surface area (Å²) in [5.41, 5.74) is 1.49. The maximum Gasteiger partial charge on any atom is 0.279 e. The van der Waals surface area contributed by atoms with Crippen LogP contribution in [0.4, 0.5) is 10.1 Å². The molecule has 0 saturated heterocycles. The van der Waals surface area contributed by atoms with Crippen molar-refractivity contribution >= 4 is 23.5 Å². The van der Waals surface area contributed by atoms with Crippen LogP contribution in [0.15, 0.2) is 54.6 Å². The molecule has 0 spiro atoms. The van der Waals surface area contributed by atoms with Crippen molar-refractivity contribution in [3.63, 3.8) is 0 Å². The highest BCUT2D eigenvalue weighted by Crippen LogP contribution is 2.13. The van der Waals surface area contributed by atoms with E-state index in [0.717, 1.165) is 19.4 Å². The van der Waals surface area contributed by atoms with Gasteiger partial charge in [0.05, 0.1) is 20.6 Å². The molecular formula is C23H28FN2O2+. The number of rotatable bonds is 9. The number of ketones is 1. The smallest absolute Gasteiger partial charge is 0.279 e. The summed E-state index contributed by atoms with van der Waals surface area (Å²) >= 11 is 0. The Labute approximate surface area is 166 Å². The molecule has 0 aliphatic heterocycles. The Balaban J connectivity index is 1.94. The predicted octanol–water partition coefficient (Wildman–Crippen LogP) is 4.54. The van der Waals surface area contributed by atoms with Crippen molar-refractivity contribution in [1.29, 1.82) is 0 Å². The molecule has 0 saturated carbocycles. The van der Waals surface area contributed by atoms with E-state index >= 15 is 0 Å². The molecule has 0 fully saturated rings. The number of anilines is 1. The summed E-state index contributed by atoms with van der Waals surface area (Å²) in [6.07, 6.45) is 4.99. The van der Waals surface area contributed by atoms with Gasteiger partial charge < -0.3 is 9.80 Å². The number of amides is 1. The molecule has 0 aliphatic carbocycles.